The molecular formula is C8H14F2N+. The highest BCUT2D eigenvalue weighted by atomic mass is 19.1. The largest absolute Gasteiger partial charge is 0.292 e. The van der Waals surface area contributed by atoms with Crippen molar-refractivity contribution in [2.45, 2.75) is 31.7 Å². The summed E-state index contributed by atoms with van der Waals surface area (Å²) in [6, 6.07) is 0. The van der Waals surface area contributed by atoms with Crippen LogP contribution >= 0.6 is 0 Å². The first-order valence-corrected chi connectivity index (χ1v) is 4.37. The predicted molar refractivity (Wildman–Crippen MR) is 38.5 cm³/mol. The van der Waals surface area contributed by atoms with Gasteiger partial charge in [0.2, 0.25) is 6.30 Å². The highest BCUT2D eigenvalue weighted by Gasteiger charge is 2.49. The van der Waals surface area contributed by atoms with Gasteiger partial charge in [0.25, 0.3) is 0 Å². The van der Waals surface area contributed by atoms with Crippen molar-refractivity contribution in [2.24, 2.45) is 0 Å². The van der Waals surface area contributed by atoms with Crippen molar-refractivity contribution in [3.63, 3.8) is 0 Å². The van der Waals surface area contributed by atoms with Gasteiger partial charge in [0.1, 0.15) is 6.54 Å². The van der Waals surface area contributed by atoms with E-state index in [2.05, 4.69) is 0 Å². The monoisotopic (exact) mass is 162 g/mol. The second-order valence-corrected chi connectivity index (χ2v) is 3.82. The summed E-state index contributed by atoms with van der Waals surface area (Å²) in [5, 5.41) is 0. The summed E-state index contributed by atoms with van der Waals surface area (Å²) in [7, 11) is 0. The average molecular weight is 162 g/mol. The van der Waals surface area contributed by atoms with Crippen LogP contribution in [0.25, 0.3) is 0 Å². The number of halogens is 2. The zero-order valence-corrected chi connectivity index (χ0v) is 6.60. The number of quaternary nitrogens is 1. The summed E-state index contributed by atoms with van der Waals surface area (Å²) < 4.78 is 26.5. The molecule has 0 N–H and O–H groups in total. The van der Waals surface area contributed by atoms with Crippen molar-refractivity contribution >= 4 is 0 Å². The molecule has 2 aliphatic heterocycles. The van der Waals surface area contributed by atoms with E-state index in [1.165, 1.54) is 0 Å². The van der Waals surface area contributed by atoms with Crippen molar-refractivity contribution in [1.82, 2.24) is 0 Å². The third kappa shape index (κ3) is 1.06. The van der Waals surface area contributed by atoms with Crippen molar-refractivity contribution in [2.75, 3.05) is 19.6 Å². The highest BCUT2D eigenvalue weighted by molar-refractivity contribution is 4.71. The van der Waals surface area contributed by atoms with Crippen LogP contribution in [0.4, 0.5) is 8.78 Å². The average Bonchev–Trinajstić information content (AvgIpc) is 2.45. The SMILES string of the molecule is FC1CC(F)[N+]2(CCCC2)C1. The molecule has 0 aromatic heterocycles. The Hall–Kier alpha value is -0.180. The van der Waals surface area contributed by atoms with Crippen LogP contribution in [0.15, 0.2) is 0 Å². The Bertz CT molecular complexity index is 154. The molecule has 0 amide bonds. The molecule has 11 heavy (non-hydrogen) atoms. The minimum atomic E-state index is -0.910. The third-order valence-corrected chi connectivity index (χ3v) is 3.06. The van der Waals surface area contributed by atoms with Gasteiger partial charge in [-0.15, -0.1) is 0 Å². The molecule has 0 bridgehead atoms. The number of alkyl halides is 2. The predicted octanol–water partition coefficient (Wildman–Crippen LogP) is 1.63. The lowest BCUT2D eigenvalue weighted by Gasteiger charge is -2.30. The lowest BCUT2D eigenvalue weighted by atomic mass is 10.3. The molecule has 3 heteroatoms. The van der Waals surface area contributed by atoms with Crippen LogP contribution in [0.3, 0.4) is 0 Å². The van der Waals surface area contributed by atoms with E-state index in [1.54, 1.807) is 0 Å². The van der Waals surface area contributed by atoms with Gasteiger partial charge in [0.05, 0.1) is 19.5 Å². The van der Waals surface area contributed by atoms with Gasteiger partial charge in [-0.2, -0.15) is 4.39 Å². The lowest BCUT2D eigenvalue weighted by molar-refractivity contribution is -0.942. The first-order valence-electron chi connectivity index (χ1n) is 4.37. The van der Waals surface area contributed by atoms with Gasteiger partial charge in [-0.1, -0.05) is 0 Å². The number of rotatable bonds is 0. The van der Waals surface area contributed by atoms with Crippen LogP contribution in [0, 0.1) is 0 Å². The second-order valence-electron chi connectivity index (χ2n) is 3.82. The summed E-state index contributed by atoms with van der Waals surface area (Å²) in [5.74, 6) is 0. The van der Waals surface area contributed by atoms with E-state index in [0.29, 0.717) is 11.0 Å². The topological polar surface area (TPSA) is 0 Å². The van der Waals surface area contributed by atoms with Crippen LogP contribution in [-0.4, -0.2) is 36.6 Å². The molecule has 0 radical (unpaired) electrons. The lowest BCUT2D eigenvalue weighted by Crippen LogP contribution is -2.47. The van der Waals surface area contributed by atoms with E-state index in [0.717, 1.165) is 25.9 Å². The van der Waals surface area contributed by atoms with Gasteiger partial charge in [-0.3, -0.25) is 4.48 Å². The van der Waals surface area contributed by atoms with Gasteiger partial charge in [0, 0.05) is 12.8 Å². The molecule has 64 valence electrons. The highest BCUT2D eigenvalue weighted by Crippen LogP contribution is 2.34. The first-order chi connectivity index (χ1) is 5.23. The van der Waals surface area contributed by atoms with Crippen molar-refractivity contribution < 1.29 is 13.3 Å². The molecule has 2 saturated heterocycles. The fourth-order valence-corrected chi connectivity index (χ4v) is 2.45. The Kier molecular flexibility index (Phi) is 1.63. The fourth-order valence-electron chi connectivity index (χ4n) is 2.45. The molecular weight excluding hydrogens is 148 g/mol. The van der Waals surface area contributed by atoms with Gasteiger partial charge in [0.15, 0.2) is 6.17 Å². The maximum atomic E-state index is 13.3. The molecule has 2 atom stereocenters. The normalized spacial score (nSPS) is 42.0. The maximum Gasteiger partial charge on any atom is 0.235 e. The molecule has 2 fully saturated rings. The zero-order valence-electron chi connectivity index (χ0n) is 6.60. The Morgan fingerprint density at radius 2 is 1.73 bits per heavy atom. The van der Waals surface area contributed by atoms with Crippen molar-refractivity contribution in [3.05, 3.63) is 0 Å². The van der Waals surface area contributed by atoms with E-state index >= 15 is 0 Å². The molecule has 2 heterocycles. The zero-order chi connectivity index (χ0) is 7.90. The minimum Gasteiger partial charge on any atom is -0.292 e. The van der Waals surface area contributed by atoms with Crippen molar-refractivity contribution in [3.8, 4) is 0 Å². The van der Waals surface area contributed by atoms with E-state index in [-0.39, 0.29) is 6.42 Å². The Balaban J connectivity index is 2.12. The number of nitrogens with zero attached hydrogens (tertiary/aromatic N) is 1. The Labute approximate surface area is 65.6 Å². The molecule has 0 aromatic rings. The maximum absolute atomic E-state index is 13.3. The van der Waals surface area contributed by atoms with Crippen LogP contribution < -0.4 is 0 Å². The van der Waals surface area contributed by atoms with E-state index in [1.807, 2.05) is 0 Å². The van der Waals surface area contributed by atoms with Crippen LogP contribution in [0.5, 0.6) is 0 Å². The summed E-state index contributed by atoms with van der Waals surface area (Å²) >= 11 is 0. The summed E-state index contributed by atoms with van der Waals surface area (Å²) in [4.78, 5) is 0. The molecule has 1 nitrogen and oxygen atoms in total. The fraction of sp³-hybridized carbons (Fsp3) is 1.00. The minimum absolute atomic E-state index is 0.139. The quantitative estimate of drug-likeness (QED) is 0.375. The summed E-state index contributed by atoms with van der Waals surface area (Å²) in [5.41, 5.74) is 0. The Morgan fingerprint density at radius 1 is 1.09 bits per heavy atom. The molecule has 0 aliphatic carbocycles. The third-order valence-electron chi connectivity index (χ3n) is 3.06. The standard InChI is InChI=1S/C8H14F2N/c9-7-5-8(10)11(6-7)3-1-2-4-11/h7-8H,1-6H2/q+1. The van der Waals surface area contributed by atoms with E-state index < -0.39 is 12.5 Å². The molecule has 2 rings (SSSR count). The molecule has 2 unspecified atom stereocenters. The van der Waals surface area contributed by atoms with Crippen molar-refractivity contribution in [1.29, 1.82) is 0 Å². The summed E-state index contributed by atoms with van der Waals surface area (Å²) in [6.07, 6.45) is 0.496. The molecule has 0 saturated carbocycles. The molecule has 0 aromatic carbocycles. The van der Waals surface area contributed by atoms with Crippen LogP contribution in [0.1, 0.15) is 19.3 Å². The molecule has 2 aliphatic rings. The van der Waals surface area contributed by atoms with Gasteiger partial charge in [-0.25, -0.2) is 4.39 Å². The van der Waals surface area contributed by atoms with Gasteiger partial charge >= 0.3 is 0 Å². The number of hydrogen-bond acceptors (Lipinski definition) is 0. The van der Waals surface area contributed by atoms with Gasteiger partial charge < -0.3 is 0 Å². The van der Waals surface area contributed by atoms with E-state index in [4.69, 9.17) is 0 Å². The van der Waals surface area contributed by atoms with E-state index in [9.17, 15) is 8.78 Å². The second kappa shape index (κ2) is 2.41. The number of hydrogen-bond donors (Lipinski definition) is 0. The first kappa shape index (κ1) is 7.47. The molecule has 1 spiro atoms. The smallest absolute Gasteiger partial charge is 0.235 e. The van der Waals surface area contributed by atoms with Gasteiger partial charge in [-0.05, 0) is 0 Å². The Morgan fingerprint density at radius 3 is 2.18 bits per heavy atom. The van der Waals surface area contributed by atoms with Crippen LogP contribution in [0.2, 0.25) is 0 Å². The van der Waals surface area contributed by atoms with Crippen LogP contribution in [-0.2, 0) is 0 Å². The summed E-state index contributed by atoms with van der Waals surface area (Å²) in [6.45, 7) is 2.16.